The number of thioether (sulfide) groups is 1. The maximum atomic E-state index is 12.8. The van der Waals surface area contributed by atoms with Crippen molar-refractivity contribution in [2.24, 2.45) is 0 Å². The van der Waals surface area contributed by atoms with E-state index in [0.717, 1.165) is 11.1 Å². The molecule has 1 N–H and O–H groups in total. The summed E-state index contributed by atoms with van der Waals surface area (Å²) < 4.78 is 0. The van der Waals surface area contributed by atoms with E-state index in [9.17, 15) is 9.59 Å². The number of thiophene rings is 1. The number of hydrogen-bond acceptors (Lipinski definition) is 5. The highest BCUT2D eigenvalue weighted by Crippen LogP contribution is 2.32. The van der Waals surface area contributed by atoms with Crippen molar-refractivity contribution in [2.45, 2.75) is 24.9 Å². The number of rotatable bonds is 6. The van der Waals surface area contributed by atoms with Crippen LogP contribution in [0.15, 0.2) is 69.9 Å². The van der Waals surface area contributed by atoms with Crippen LogP contribution in [0.4, 0.5) is 0 Å². The van der Waals surface area contributed by atoms with E-state index >= 15 is 0 Å². The molecule has 0 atom stereocenters. The molecule has 0 saturated heterocycles. The fourth-order valence-electron chi connectivity index (χ4n) is 3.10. The number of hydrogen-bond donors (Lipinski definition) is 1. The molecule has 29 heavy (non-hydrogen) atoms. The van der Waals surface area contributed by atoms with E-state index in [1.165, 1.54) is 28.7 Å². The number of nitrogens with one attached hydrogen (secondary N) is 1. The SMILES string of the molecule is CC(C)c1ccc(-c2csc3nc(SCC(=O)c4ccccc4)[nH]c(=O)c23)cc1. The maximum absolute atomic E-state index is 12.8. The average Bonchev–Trinajstić information content (AvgIpc) is 3.17. The van der Waals surface area contributed by atoms with Gasteiger partial charge in [-0.15, -0.1) is 11.3 Å². The van der Waals surface area contributed by atoms with Crippen LogP contribution < -0.4 is 5.56 Å². The second kappa shape index (κ2) is 8.35. The van der Waals surface area contributed by atoms with Gasteiger partial charge in [-0.1, -0.05) is 80.2 Å². The second-order valence-electron chi connectivity index (χ2n) is 7.06. The van der Waals surface area contributed by atoms with Crippen LogP contribution in [0.2, 0.25) is 0 Å². The summed E-state index contributed by atoms with van der Waals surface area (Å²) in [6.45, 7) is 4.32. The van der Waals surface area contributed by atoms with Crippen LogP contribution in [0.1, 0.15) is 35.7 Å². The second-order valence-corrected chi connectivity index (χ2v) is 8.88. The van der Waals surface area contributed by atoms with Gasteiger partial charge in [0, 0.05) is 16.5 Å². The Labute approximate surface area is 177 Å². The molecule has 0 unspecified atom stereocenters. The summed E-state index contributed by atoms with van der Waals surface area (Å²) in [5, 5.41) is 3.04. The lowest BCUT2D eigenvalue weighted by molar-refractivity contribution is 0.102. The van der Waals surface area contributed by atoms with Crippen molar-refractivity contribution in [3.63, 3.8) is 0 Å². The van der Waals surface area contributed by atoms with Gasteiger partial charge in [-0.05, 0) is 17.0 Å². The number of ketones is 1. The van der Waals surface area contributed by atoms with Crippen LogP contribution in [0.3, 0.4) is 0 Å². The quantitative estimate of drug-likeness (QED) is 0.245. The van der Waals surface area contributed by atoms with E-state index in [1.807, 2.05) is 23.6 Å². The Bertz CT molecular complexity index is 1210. The number of aromatic amines is 1. The van der Waals surface area contributed by atoms with Gasteiger partial charge in [-0.3, -0.25) is 9.59 Å². The largest absolute Gasteiger partial charge is 0.301 e. The van der Waals surface area contributed by atoms with Gasteiger partial charge in [0.05, 0.1) is 11.1 Å². The summed E-state index contributed by atoms with van der Waals surface area (Å²) in [6.07, 6.45) is 0. The van der Waals surface area contributed by atoms with Crippen molar-refractivity contribution < 1.29 is 4.79 Å². The van der Waals surface area contributed by atoms with Gasteiger partial charge in [0.2, 0.25) is 0 Å². The number of nitrogens with zero attached hydrogens (tertiary/aromatic N) is 1. The molecule has 0 aliphatic heterocycles. The lowest BCUT2D eigenvalue weighted by atomic mass is 9.99. The molecule has 0 saturated carbocycles. The van der Waals surface area contributed by atoms with Gasteiger partial charge < -0.3 is 4.98 Å². The van der Waals surface area contributed by atoms with Gasteiger partial charge in [-0.25, -0.2) is 4.98 Å². The lowest BCUT2D eigenvalue weighted by Gasteiger charge is -2.06. The first-order valence-electron chi connectivity index (χ1n) is 9.36. The number of Topliss-reactive ketones (excluding diaryl/α,β-unsaturated/α-hetero) is 1. The molecule has 0 aliphatic rings. The third-order valence-electron chi connectivity index (χ3n) is 4.75. The molecule has 2 aromatic carbocycles. The monoisotopic (exact) mass is 420 g/mol. The first-order chi connectivity index (χ1) is 14.0. The molecule has 0 radical (unpaired) electrons. The first kappa shape index (κ1) is 19.6. The van der Waals surface area contributed by atoms with E-state index in [2.05, 4.69) is 48.1 Å². The van der Waals surface area contributed by atoms with Crippen molar-refractivity contribution in [1.82, 2.24) is 9.97 Å². The van der Waals surface area contributed by atoms with Gasteiger partial charge in [0.25, 0.3) is 5.56 Å². The Morgan fingerprint density at radius 1 is 1.10 bits per heavy atom. The minimum Gasteiger partial charge on any atom is -0.301 e. The molecule has 0 fully saturated rings. The third-order valence-corrected chi connectivity index (χ3v) is 6.49. The molecule has 2 aromatic heterocycles. The maximum Gasteiger partial charge on any atom is 0.260 e. The Hall–Kier alpha value is -2.70. The summed E-state index contributed by atoms with van der Waals surface area (Å²) in [5.41, 5.74) is 3.65. The van der Waals surface area contributed by atoms with E-state index in [-0.39, 0.29) is 17.1 Å². The van der Waals surface area contributed by atoms with Crippen LogP contribution >= 0.6 is 23.1 Å². The average molecular weight is 421 g/mol. The Kier molecular flexibility index (Phi) is 5.65. The predicted molar refractivity (Wildman–Crippen MR) is 121 cm³/mol. The van der Waals surface area contributed by atoms with E-state index in [1.54, 1.807) is 12.1 Å². The zero-order valence-electron chi connectivity index (χ0n) is 16.1. The lowest BCUT2D eigenvalue weighted by Crippen LogP contribution is -2.10. The molecular formula is C23H20N2O2S2. The first-order valence-corrected chi connectivity index (χ1v) is 11.2. The summed E-state index contributed by atoms with van der Waals surface area (Å²) >= 11 is 2.70. The number of aromatic nitrogens is 2. The highest BCUT2D eigenvalue weighted by atomic mass is 32.2. The predicted octanol–water partition coefficient (Wildman–Crippen LogP) is 5.75. The Morgan fingerprint density at radius 3 is 2.52 bits per heavy atom. The van der Waals surface area contributed by atoms with Crippen molar-refractivity contribution >= 4 is 39.1 Å². The fraction of sp³-hybridized carbons (Fsp3) is 0.174. The van der Waals surface area contributed by atoms with E-state index in [0.29, 0.717) is 26.9 Å². The molecule has 0 aliphatic carbocycles. The van der Waals surface area contributed by atoms with Crippen molar-refractivity contribution in [3.8, 4) is 11.1 Å². The van der Waals surface area contributed by atoms with Crippen LogP contribution in [-0.4, -0.2) is 21.5 Å². The van der Waals surface area contributed by atoms with E-state index < -0.39 is 0 Å². The molecule has 4 rings (SSSR count). The minimum atomic E-state index is -0.172. The van der Waals surface area contributed by atoms with Gasteiger partial charge >= 0.3 is 0 Å². The van der Waals surface area contributed by atoms with E-state index in [4.69, 9.17) is 0 Å². The number of carbonyl (C=O) groups is 1. The van der Waals surface area contributed by atoms with Crippen LogP contribution in [-0.2, 0) is 0 Å². The van der Waals surface area contributed by atoms with Gasteiger partial charge in [0.15, 0.2) is 10.9 Å². The summed E-state index contributed by atoms with van der Waals surface area (Å²) in [4.78, 5) is 33.1. The molecule has 4 nitrogen and oxygen atoms in total. The third kappa shape index (κ3) is 4.18. The van der Waals surface area contributed by atoms with Crippen molar-refractivity contribution in [2.75, 3.05) is 5.75 Å². The summed E-state index contributed by atoms with van der Waals surface area (Å²) in [5.74, 6) is 0.704. The fourth-order valence-corrected chi connectivity index (χ4v) is 4.86. The highest BCUT2D eigenvalue weighted by Gasteiger charge is 2.14. The Balaban J connectivity index is 1.59. The normalized spacial score (nSPS) is 11.3. The number of H-pyrrole nitrogens is 1. The molecule has 0 spiro atoms. The smallest absolute Gasteiger partial charge is 0.260 e. The van der Waals surface area contributed by atoms with Gasteiger partial charge in [-0.2, -0.15) is 0 Å². The molecule has 6 heteroatoms. The molecule has 4 aromatic rings. The molecule has 2 heterocycles. The topological polar surface area (TPSA) is 62.8 Å². The van der Waals surface area contributed by atoms with Crippen LogP contribution in [0.25, 0.3) is 21.3 Å². The van der Waals surface area contributed by atoms with Crippen molar-refractivity contribution in [1.29, 1.82) is 0 Å². The number of fused-ring (bicyclic) bond motifs is 1. The Morgan fingerprint density at radius 2 is 1.83 bits per heavy atom. The zero-order valence-corrected chi connectivity index (χ0v) is 17.8. The highest BCUT2D eigenvalue weighted by molar-refractivity contribution is 7.99. The van der Waals surface area contributed by atoms with Gasteiger partial charge in [0.1, 0.15) is 4.83 Å². The zero-order chi connectivity index (χ0) is 20.4. The molecule has 146 valence electrons. The summed E-state index contributed by atoms with van der Waals surface area (Å²) in [7, 11) is 0. The molecular weight excluding hydrogens is 400 g/mol. The summed E-state index contributed by atoms with van der Waals surface area (Å²) in [6, 6.07) is 17.4. The van der Waals surface area contributed by atoms with Crippen LogP contribution in [0.5, 0.6) is 0 Å². The van der Waals surface area contributed by atoms with Crippen LogP contribution in [0, 0.1) is 0 Å². The molecule has 0 amide bonds. The number of benzene rings is 2. The standard InChI is InChI=1S/C23H20N2O2S2/c1-14(2)15-8-10-16(11-9-15)18-12-28-22-20(18)21(27)24-23(25-22)29-13-19(26)17-6-4-3-5-7-17/h3-12,14H,13H2,1-2H3,(H,24,25,27). The molecule has 0 bridgehead atoms. The van der Waals surface area contributed by atoms with Crippen molar-refractivity contribution in [3.05, 3.63) is 81.5 Å². The minimum absolute atomic E-state index is 0.00968. The number of carbonyl (C=O) groups excluding carboxylic acids is 1.